The molecule has 0 saturated heterocycles. The van der Waals surface area contributed by atoms with Crippen molar-refractivity contribution >= 4 is 27.9 Å². The molecular formula is C22H22N2O4S. The molecule has 1 N–H and O–H groups in total. The van der Waals surface area contributed by atoms with Gasteiger partial charge in [-0.2, -0.15) is 0 Å². The first kappa shape index (κ1) is 20.5. The maximum atomic E-state index is 12.8. The number of anilines is 1. The molecule has 0 aliphatic carbocycles. The van der Waals surface area contributed by atoms with Crippen LogP contribution in [0.4, 0.5) is 5.69 Å². The van der Waals surface area contributed by atoms with E-state index < -0.39 is 10.0 Å². The van der Waals surface area contributed by atoms with Crippen LogP contribution in [0.3, 0.4) is 0 Å². The van der Waals surface area contributed by atoms with Crippen molar-refractivity contribution in [1.29, 1.82) is 0 Å². The van der Waals surface area contributed by atoms with E-state index in [9.17, 15) is 18.0 Å². The molecule has 150 valence electrons. The molecule has 0 fully saturated rings. The van der Waals surface area contributed by atoms with Gasteiger partial charge in [0.1, 0.15) is 6.29 Å². The molecule has 1 aliphatic rings. The number of amides is 1. The monoisotopic (exact) mass is 410 g/mol. The molecule has 29 heavy (non-hydrogen) atoms. The third-order valence-electron chi connectivity index (χ3n) is 4.67. The second-order valence-corrected chi connectivity index (χ2v) is 8.45. The Morgan fingerprint density at radius 2 is 1.86 bits per heavy atom. The summed E-state index contributed by atoms with van der Waals surface area (Å²) in [4.78, 5) is 24.5. The highest BCUT2D eigenvalue weighted by molar-refractivity contribution is 7.92. The smallest absolute Gasteiger partial charge is 0.261 e. The number of hydrogen-bond donors (Lipinski definition) is 1. The number of rotatable bonds is 7. The molecule has 0 bridgehead atoms. The molecule has 7 heteroatoms. The average Bonchev–Trinajstić information content (AvgIpc) is 2.70. The van der Waals surface area contributed by atoms with E-state index in [-0.39, 0.29) is 23.1 Å². The molecule has 1 amide bonds. The number of hydrogen-bond acceptors (Lipinski definition) is 4. The Kier molecular flexibility index (Phi) is 6.29. The minimum absolute atomic E-state index is 0.0933. The number of nitrogens with zero attached hydrogens (tertiary/aromatic N) is 1. The standard InChI is InChI=1S/C22H22N2O4S/c1-17-8-10-19(11-9-17)29(27,28)23-21-7-3-2-6-20(21)18-12-14-24(22(26)16-18)13-4-5-15-25/h2-12,14-15,18,23H,13,16H2,1H3/b5-4+/t18-/m1/s1. The van der Waals surface area contributed by atoms with Crippen molar-refractivity contribution < 1.29 is 18.0 Å². The van der Waals surface area contributed by atoms with Gasteiger partial charge in [0.25, 0.3) is 10.0 Å². The molecule has 0 aromatic heterocycles. The number of benzene rings is 2. The lowest BCUT2D eigenvalue weighted by Crippen LogP contribution is -2.30. The van der Waals surface area contributed by atoms with Crippen LogP contribution in [0.2, 0.25) is 0 Å². The minimum atomic E-state index is -3.74. The lowest BCUT2D eigenvalue weighted by atomic mass is 9.92. The number of allylic oxidation sites excluding steroid dienone is 2. The molecule has 1 heterocycles. The normalized spacial score (nSPS) is 16.9. The fourth-order valence-electron chi connectivity index (χ4n) is 3.11. The van der Waals surface area contributed by atoms with Crippen molar-refractivity contribution in [1.82, 2.24) is 4.90 Å². The third kappa shape index (κ3) is 5.00. The summed E-state index contributed by atoms with van der Waals surface area (Å²) >= 11 is 0. The predicted molar refractivity (Wildman–Crippen MR) is 112 cm³/mol. The van der Waals surface area contributed by atoms with Gasteiger partial charge in [-0.3, -0.25) is 14.3 Å². The van der Waals surface area contributed by atoms with Crippen LogP contribution in [0.5, 0.6) is 0 Å². The van der Waals surface area contributed by atoms with Crippen LogP contribution in [0.15, 0.2) is 77.9 Å². The molecule has 3 rings (SSSR count). The van der Waals surface area contributed by atoms with Crippen molar-refractivity contribution in [2.75, 3.05) is 11.3 Å². The molecule has 1 aliphatic heterocycles. The van der Waals surface area contributed by atoms with E-state index in [4.69, 9.17) is 0 Å². The van der Waals surface area contributed by atoms with Crippen LogP contribution >= 0.6 is 0 Å². The maximum absolute atomic E-state index is 12.8. The fraction of sp³-hybridized carbons (Fsp3) is 0.182. The van der Waals surface area contributed by atoms with E-state index in [1.54, 1.807) is 48.7 Å². The Hall–Kier alpha value is -3.19. The van der Waals surface area contributed by atoms with Gasteiger partial charge in [-0.15, -0.1) is 0 Å². The first-order valence-electron chi connectivity index (χ1n) is 9.17. The van der Waals surface area contributed by atoms with Gasteiger partial charge in [0.2, 0.25) is 5.91 Å². The number of para-hydroxylation sites is 1. The summed E-state index contributed by atoms with van der Waals surface area (Å²) in [5, 5.41) is 0. The highest BCUT2D eigenvalue weighted by atomic mass is 32.2. The van der Waals surface area contributed by atoms with Gasteiger partial charge in [0, 0.05) is 25.1 Å². The number of carbonyl (C=O) groups excluding carboxylic acids is 2. The molecule has 1 atom stereocenters. The Morgan fingerprint density at radius 1 is 1.14 bits per heavy atom. The van der Waals surface area contributed by atoms with E-state index in [2.05, 4.69) is 4.72 Å². The summed E-state index contributed by atoms with van der Waals surface area (Å²) in [5.74, 6) is -0.338. The van der Waals surface area contributed by atoms with Crippen molar-refractivity contribution in [3.8, 4) is 0 Å². The van der Waals surface area contributed by atoms with Crippen LogP contribution in [-0.4, -0.2) is 32.1 Å². The molecule has 0 unspecified atom stereocenters. The molecule has 2 aromatic carbocycles. The van der Waals surface area contributed by atoms with Crippen LogP contribution in [-0.2, 0) is 19.6 Å². The summed E-state index contributed by atoms with van der Waals surface area (Å²) in [5.41, 5.74) is 2.16. The average molecular weight is 410 g/mol. The highest BCUT2D eigenvalue weighted by Crippen LogP contribution is 2.32. The maximum Gasteiger partial charge on any atom is 0.261 e. The number of aldehydes is 1. The van der Waals surface area contributed by atoms with Crippen LogP contribution in [0.25, 0.3) is 0 Å². The SMILES string of the molecule is Cc1ccc(S(=O)(=O)Nc2ccccc2[C@@H]2C=CN(C/C=C/C=O)C(=O)C2)cc1. The largest absolute Gasteiger partial charge is 0.316 e. The first-order chi connectivity index (χ1) is 13.9. The summed E-state index contributed by atoms with van der Waals surface area (Å²) in [7, 11) is -3.74. The van der Waals surface area contributed by atoms with Gasteiger partial charge in [0.05, 0.1) is 10.6 Å². The van der Waals surface area contributed by atoms with Crippen molar-refractivity contribution in [2.45, 2.75) is 24.2 Å². The van der Waals surface area contributed by atoms with Crippen LogP contribution in [0, 0.1) is 6.92 Å². The number of nitrogens with one attached hydrogen (secondary N) is 1. The van der Waals surface area contributed by atoms with Crippen LogP contribution < -0.4 is 4.72 Å². The second kappa shape index (κ2) is 8.87. The number of sulfonamides is 1. The lowest BCUT2D eigenvalue weighted by molar-refractivity contribution is -0.129. The molecule has 0 spiro atoms. The third-order valence-corrected chi connectivity index (χ3v) is 6.05. The predicted octanol–water partition coefficient (Wildman–Crippen LogP) is 3.38. The summed E-state index contributed by atoms with van der Waals surface area (Å²) in [6, 6.07) is 13.7. The Balaban J connectivity index is 1.83. The summed E-state index contributed by atoms with van der Waals surface area (Å²) in [6.07, 6.45) is 7.39. The van der Waals surface area contributed by atoms with Gasteiger partial charge in [-0.05, 0) is 36.8 Å². The van der Waals surface area contributed by atoms with Gasteiger partial charge in [-0.1, -0.05) is 48.0 Å². The van der Waals surface area contributed by atoms with E-state index in [1.165, 1.54) is 11.0 Å². The van der Waals surface area contributed by atoms with Crippen LogP contribution in [0.1, 0.15) is 23.5 Å². The Bertz CT molecular complexity index is 1060. The van der Waals surface area contributed by atoms with Gasteiger partial charge >= 0.3 is 0 Å². The first-order valence-corrected chi connectivity index (χ1v) is 10.7. The van der Waals surface area contributed by atoms with E-state index in [1.807, 2.05) is 25.1 Å². The van der Waals surface area contributed by atoms with Crippen molar-refractivity contribution in [3.63, 3.8) is 0 Å². The zero-order chi connectivity index (χ0) is 20.9. The summed E-state index contributed by atoms with van der Waals surface area (Å²) in [6.45, 7) is 2.21. The molecule has 0 saturated carbocycles. The molecule has 2 aromatic rings. The van der Waals surface area contributed by atoms with Gasteiger partial charge < -0.3 is 4.90 Å². The summed E-state index contributed by atoms with van der Waals surface area (Å²) < 4.78 is 28.2. The Morgan fingerprint density at radius 3 is 2.55 bits per heavy atom. The molecule has 0 radical (unpaired) electrons. The van der Waals surface area contributed by atoms with Gasteiger partial charge in [-0.25, -0.2) is 8.42 Å². The number of aryl methyl sites for hydroxylation is 1. The highest BCUT2D eigenvalue weighted by Gasteiger charge is 2.25. The minimum Gasteiger partial charge on any atom is -0.316 e. The Labute approximate surface area is 170 Å². The number of carbonyl (C=O) groups is 2. The van der Waals surface area contributed by atoms with E-state index in [0.29, 0.717) is 18.5 Å². The second-order valence-electron chi connectivity index (χ2n) is 6.77. The van der Waals surface area contributed by atoms with Gasteiger partial charge in [0.15, 0.2) is 0 Å². The lowest BCUT2D eigenvalue weighted by Gasteiger charge is -2.26. The van der Waals surface area contributed by atoms with Crippen molar-refractivity contribution in [2.24, 2.45) is 0 Å². The molecule has 6 nitrogen and oxygen atoms in total. The quantitative estimate of drug-likeness (QED) is 0.560. The topological polar surface area (TPSA) is 83.6 Å². The zero-order valence-electron chi connectivity index (χ0n) is 16.0. The molecular weight excluding hydrogens is 388 g/mol. The zero-order valence-corrected chi connectivity index (χ0v) is 16.8. The van der Waals surface area contributed by atoms with Crippen molar-refractivity contribution in [3.05, 3.63) is 84.1 Å². The van der Waals surface area contributed by atoms with E-state index >= 15 is 0 Å². The van der Waals surface area contributed by atoms with E-state index in [0.717, 1.165) is 11.1 Å². The fourth-order valence-corrected chi connectivity index (χ4v) is 4.19.